The van der Waals surface area contributed by atoms with Crippen molar-refractivity contribution in [3.05, 3.63) is 76.8 Å². The summed E-state index contributed by atoms with van der Waals surface area (Å²) >= 11 is 0. The first-order chi connectivity index (χ1) is 16.0. The Morgan fingerprint density at radius 1 is 1.32 bits per heavy atom. The molecule has 2 aliphatic rings. The minimum Gasteiger partial charge on any atom is -0.399 e. The van der Waals surface area contributed by atoms with E-state index in [0.717, 1.165) is 12.1 Å². The van der Waals surface area contributed by atoms with E-state index < -0.39 is 23.7 Å². The van der Waals surface area contributed by atoms with Crippen molar-refractivity contribution < 1.29 is 18.0 Å². The van der Waals surface area contributed by atoms with Gasteiger partial charge in [0.1, 0.15) is 17.6 Å². The molecule has 2 atom stereocenters. The molecule has 1 amide bonds. The molecule has 0 bridgehead atoms. The number of benzene rings is 1. The molecule has 0 saturated heterocycles. The molecule has 3 heterocycles. The first-order valence-electron chi connectivity index (χ1n) is 10.5. The van der Waals surface area contributed by atoms with E-state index in [1.807, 2.05) is 24.1 Å². The number of nitrogens with one attached hydrogen (secondary N) is 1. The molecule has 7 nitrogen and oxygen atoms in total. The van der Waals surface area contributed by atoms with Crippen molar-refractivity contribution in [1.29, 1.82) is 5.26 Å². The van der Waals surface area contributed by atoms with Gasteiger partial charge in [0.2, 0.25) is 0 Å². The highest BCUT2D eigenvalue weighted by Crippen LogP contribution is 2.33. The zero-order valence-corrected chi connectivity index (χ0v) is 18.4. The Balaban J connectivity index is 1.65. The number of hydrogen-bond acceptors (Lipinski definition) is 6. The Bertz CT molecular complexity index is 1290. The average Bonchev–Trinajstić information content (AvgIpc) is 3.17. The monoisotopic (exact) mass is 466 g/mol. The van der Waals surface area contributed by atoms with Crippen molar-refractivity contribution in [2.75, 3.05) is 12.3 Å². The van der Waals surface area contributed by atoms with Crippen molar-refractivity contribution >= 4 is 23.0 Å². The second-order valence-corrected chi connectivity index (χ2v) is 8.22. The molecular formula is C24H21F3N6O. The molecule has 0 radical (unpaired) electrons. The van der Waals surface area contributed by atoms with Gasteiger partial charge in [0.25, 0.3) is 5.91 Å². The SMILES string of the molecule is C[C@@H]1CN2C=C(c3ccnc(C#N)c3)C=C(C(=O)N[C@H](C)c3cc(N)cc(C(F)(F)F)c3)C2=N1. The molecule has 0 aliphatic carbocycles. The first kappa shape index (κ1) is 23.0. The highest BCUT2D eigenvalue weighted by Gasteiger charge is 2.33. The molecule has 4 rings (SSSR count). The molecule has 34 heavy (non-hydrogen) atoms. The second-order valence-electron chi connectivity index (χ2n) is 8.22. The van der Waals surface area contributed by atoms with Gasteiger partial charge in [0.05, 0.1) is 23.2 Å². The van der Waals surface area contributed by atoms with Crippen LogP contribution in [-0.4, -0.2) is 34.2 Å². The summed E-state index contributed by atoms with van der Waals surface area (Å²) in [4.78, 5) is 23.6. The summed E-state index contributed by atoms with van der Waals surface area (Å²) < 4.78 is 39.6. The Hall–Kier alpha value is -4.13. The molecule has 174 valence electrons. The minimum atomic E-state index is -4.55. The summed E-state index contributed by atoms with van der Waals surface area (Å²) in [6.07, 6.45) is 0.471. The Labute approximate surface area is 194 Å². The summed E-state index contributed by atoms with van der Waals surface area (Å²) in [5.41, 5.74) is 6.90. The number of aromatic nitrogens is 1. The van der Waals surface area contributed by atoms with Crippen LogP contribution in [0.15, 0.2) is 59.4 Å². The zero-order valence-electron chi connectivity index (χ0n) is 18.4. The molecule has 3 N–H and O–H groups in total. The van der Waals surface area contributed by atoms with Gasteiger partial charge < -0.3 is 16.0 Å². The number of fused-ring (bicyclic) bond motifs is 1. The molecule has 0 unspecified atom stereocenters. The summed E-state index contributed by atoms with van der Waals surface area (Å²) in [6, 6.07) is 7.79. The van der Waals surface area contributed by atoms with E-state index in [2.05, 4.69) is 15.3 Å². The van der Waals surface area contributed by atoms with E-state index in [4.69, 9.17) is 11.0 Å². The zero-order chi connectivity index (χ0) is 24.6. The number of nitrogen functional groups attached to an aromatic ring is 1. The van der Waals surface area contributed by atoms with Gasteiger partial charge in [-0.2, -0.15) is 18.4 Å². The van der Waals surface area contributed by atoms with E-state index in [9.17, 15) is 18.0 Å². The van der Waals surface area contributed by atoms with Crippen LogP contribution in [0.1, 0.15) is 42.3 Å². The lowest BCUT2D eigenvalue weighted by Gasteiger charge is -2.25. The van der Waals surface area contributed by atoms with Gasteiger partial charge in [0.15, 0.2) is 0 Å². The van der Waals surface area contributed by atoms with Crippen molar-refractivity contribution in [2.24, 2.45) is 4.99 Å². The molecule has 2 aliphatic heterocycles. The van der Waals surface area contributed by atoms with E-state index in [1.165, 1.54) is 12.3 Å². The number of halogens is 3. The number of nitriles is 1. The fraction of sp³-hybridized carbons (Fsp3) is 0.250. The molecule has 10 heteroatoms. The number of carbonyl (C=O) groups excluding carboxylic acids is 1. The minimum absolute atomic E-state index is 0.0424. The molecule has 0 spiro atoms. The number of pyridine rings is 1. The Kier molecular flexibility index (Phi) is 5.87. The third-order valence-electron chi connectivity index (χ3n) is 5.52. The topological polar surface area (TPSA) is 107 Å². The number of rotatable bonds is 4. The number of amides is 1. The van der Waals surface area contributed by atoms with Crippen LogP contribution < -0.4 is 11.1 Å². The van der Waals surface area contributed by atoms with Crippen molar-refractivity contribution in [2.45, 2.75) is 32.1 Å². The number of hydrogen-bond donors (Lipinski definition) is 2. The number of alkyl halides is 3. The maximum atomic E-state index is 13.3. The quantitative estimate of drug-likeness (QED) is 0.667. The van der Waals surface area contributed by atoms with Crippen LogP contribution in [0.5, 0.6) is 0 Å². The molecule has 1 aromatic heterocycles. The number of amidine groups is 1. The lowest BCUT2D eigenvalue weighted by molar-refractivity contribution is -0.137. The van der Waals surface area contributed by atoms with Gasteiger partial charge in [-0.05, 0) is 67.0 Å². The van der Waals surface area contributed by atoms with Crippen LogP contribution in [0.2, 0.25) is 0 Å². The molecular weight excluding hydrogens is 445 g/mol. The van der Waals surface area contributed by atoms with E-state index in [0.29, 0.717) is 23.5 Å². The van der Waals surface area contributed by atoms with Crippen LogP contribution in [0.4, 0.5) is 18.9 Å². The van der Waals surface area contributed by atoms with Gasteiger partial charge in [0, 0.05) is 24.6 Å². The van der Waals surface area contributed by atoms with Gasteiger partial charge in [-0.3, -0.25) is 9.79 Å². The van der Waals surface area contributed by atoms with Crippen molar-refractivity contribution in [1.82, 2.24) is 15.2 Å². The number of anilines is 1. The van der Waals surface area contributed by atoms with Gasteiger partial charge in [-0.25, -0.2) is 4.98 Å². The van der Waals surface area contributed by atoms with Crippen molar-refractivity contribution in [3.63, 3.8) is 0 Å². The fourth-order valence-electron chi connectivity index (χ4n) is 3.90. The summed E-state index contributed by atoms with van der Waals surface area (Å²) in [6.45, 7) is 4.08. The Morgan fingerprint density at radius 3 is 2.79 bits per heavy atom. The maximum Gasteiger partial charge on any atom is 0.416 e. The van der Waals surface area contributed by atoms with E-state index >= 15 is 0 Å². The number of aliphatic imine (C=N–C) groups is 1. The summed E-state index contributed by atoms with van der Waals surface area (Å²) in [5, 5.41) is 11.9. The largest absolute Gasteiger partial charge is 0.416 e. The van der Waals surface area contributed by atoms with Crippen LogP contribution in [0.3, 0.4) is 0 Å². The third kappa shape index (κ3) is 4.64. The number of nitrogens with two attached hydrogens (primary N) is 1. The first-order valence-corrected chi connectivity index (χ1v) is 10.5. The van der Waals surface area contributed by atoms with Crippen LogP contribution in [0, 0.1) is 11.3 Å². The molecule has 0 saturated carbocycles. The summed E-state index contributed by atoms with van der Waals surface area (Å²) in [7, 11) is 0. The maximum absolute atomic E-state index is 13.3. The third-order valence-corrected chi connectivity index (χ3v) is 5.52. The van der Waals surface area contributed by atoms with Gasteiger partial charge in [-0.1, -0.05) is 0 Å². The van der Waals surface area contributed by atoms with Crippen LogP contribution in [-0.2, 0) is 11.0 Å². The number of carbonyl (C=O) groups is 1. The number of allylic oxidation sites excluding steroid dienone is 2. The normalized spacial score (nSPS) is 18.3. The van der Waals surface area contributed by atoms with Crippen LogP contribution in [0.25, 0.3) is 5.57 Å². The molecule has 2 aromatic rings. The average molecular weight is 466 g/mol. The predicted octanol–water partition coefficient (Wildman–Crippen LogP) is 3.82. The lowest BCUT2D eigenvalue weighted by Crippen LogP contribution is -2.36. The molecule has 0 fully saturated rings. The highest BCUT2D eigenvalue weighted by molar-refractivity contribution is 6.24. The highest BCUT2D eigenvalue weighted by atomic mass is 19.4. The number of nitrogens with zero attached hydrogens (tertiary/aromatic N) is 4. The van der Waals surface area contributed by atoms with Gasteiger partial charge >= 0.3 is 6.18 Å². The molecule has 1 aromatic carbocycles. The smallest absolute Gasteiger partial charge is 0.399 e. The second kappa shape index (κ2) is 8.67. The van der Waals surface area contributed by atoms with E-state index in [1.54, 1.807) is 25.1 Å². The Morgan fingerprint density at radius 2 is 2.09 bits per heavy atom. The fourth-order valence-corrected chi connectivity index (χ4v) is 3.90. The van der Waals surface area contributed by atoms with Crippen LogP contribution >= 0.6 is 0 Å². The summed E-state index contributed by atoms with van der Waals surface area (Å²) in [5.74, 6) is 0.000523. The van der Waals surface area contributed by atoms with Crippen molar-refractivity contribution in [3.8, 4) is 6.07 Å². The van der Waals surface area contributed by atoms with E-state index in [-0.39, 0.29) is 28.6 Å². The lowest BCUT2D eigenvalue weighted by atomic mass is 9.99. The van der Waals surface area contributed by atoms with Gasteiger partial charge in [-0.15, -0.1) is 0 Å². The predicted molar refractivity (Wildman–Crippen MR) is 121 cm³/mol. The standard InChI is InChI=1S/C24H21F3N6O/c1-13-11-33-12-17(15-3-4-30-20(7-15)10-28)8-21(22(33)31-13)23(34)32-14(2)16-5-18(24(25,26)27)9-19(29)6-16/h3-9,12-14H,11,29H2,1-2H3,(H,32,34)/t13-,14-/m1/s1.